The number of oxime groups is 2. The van der Waals surface area contributed by atoms with Crippen LogP contribution in [-0.4, -0.2) is 93.2 Å². The molecule has 3 aliphatic rings. The summed E-state index contributed by atoms with van der Waals surface area (Å²) in [4.78, 5) is 36.0. The van der Waals surface area contributed by atoms with E-state index in [9.17, 15) is 26.4 Å². The van der Waals surface area contributed by atoms with Gasteiger partial charge in [-0.25, -0.2) is 21.8 Å². The number of aromatic nitrogens is 2. The molecule has 0 bridgehead atoms. The molecular weight excluding hydrogens is 733 g/mol. The van der Waals surface area contributed by atoms with Crippen LogP contribution in [0.25, 0.3) is 5.57 Å². The van der Waals surface area contributed by atoms with Gasteiger partial charge in [-0.15, -0.1) is 0 Å². The summed E-state index contributed by atoms with van der Waals surface area (Å²) in [7, 11) is -0.688. The standard InChI is InChI=1S/2C19H23N3O4S/c1-10-9-14(18(23)17-12(3)20-22(5)13(17)4)11(2)19-16(10)15(21-26-6)7-8-27(19,24)25;1-10-9-14(11(2)17-13(4)20-22(5)19(17)23)12(3)18-16(10)15(21-26-6)7-8-27(18,24)25/h2*9H,7-8H2,1-6H3/b21-15+;17-11-,21-15+. The van der Waals surface area contributed by atoms with Gasteiger partial charge in [-0.2, -0.15) is 10.2 Å². The molecule has 0 N–H and O–H groups in total. The van der Waals surface area contributed by atoms with Crippen molar-refractivity contribution in [3.8, 4) is 0 Å². The fourth-order valence-electron chi connectivity index (χ4n) is 7.65. The zero-order valence-electron chi connectivity index (χ0n) is 32.7. The first-order chi connectivity index (χ1) is 25.2. The molecule has 54 heavy (non-hydrogen) atoms. The highest BCUT2D eigenvalue weighted by atomic mass is 32.2. The minimum absolute atomic E-state index is 0.0102. The second-order valence-corrected chi connectivity index (χ2v) is 17.8. The quantitative estimate of drug-likeness (QED) is 0.199. The molecule has 2 aromatic carbocycles. The van der Waals surface area contributed by atoms with E-state index in [1.807, 2.05) is 26.8 Å². The van der Waals surface area contributed by atoms with Gasteiger partial charge in [0.2, 0.25) is 0 Å². The lowest BCUT2D eigenvalue weighted by Crippen LogP contribution is -2.26. The Morgan fingerprint density at radius 2 is 1.24 bits per heavy atom. The lowest BCUT2D eigenvalue weighted by Gasteiger charge is -2.24. The minimum Gasteiger partial charge on any atom is -0.399 e. The third-order valence-electron chi connectivity index (χ3n) is 10.2. The number of allylic oxidation sites excluding steroid dienone is 1. The second-order valence-electron chi connectivity index (χ2n) is 13.7. The van der Waals surface area contributed by atoms with E-state index >= 15 is 0 Å². The Balaban J connectivity index is 0.000000208. The monoisotopic (exact) mass is 778 g/mol. The normalized spacial score (nSPS) is 19.5. The Morgan fingerprint density at radius 3 is 1.65 bits per heavy atom. The number of amides is 1. The van der Waals surface area contributed by atoms with Crippen LogP contribution in [0.1, 0.15) is 92.9 Å². The first-order valence-corrected chi connectivity index (χ1v) is 20.5. The summed E-state index contributed by atoms with van der Waals surface area (Å²) in [5.74, 6) is -0.467. The van der Waals surface area contributed by atoms with Gasteiger partial charge in [-0.05, 0) is 94.8 Å². The number of aryl methyl sites for hydroxylation is 4. The van der Waals surface area contributed by atoms with Crippen LogP contribution in [0.4, 0.5) is 0 Å². The number of benzene rings is 2. The summed E-state index contributed by atoms with van der Waals surface area (Å²) in [6.45, 7) is 14.3. The number of carbonyl (C=O) groups is 2. The molecule has 6 rings (SSSR count). The average Bonchev–Trinajstić information content (AvgIpc) is 3.50. The predicted octanol–water partition coefficient (Wildman–Crippen LogP) is 4.87. The first-order valence-electron chi connectivity index (χ1n) is 17.2. The molecule has 288 valence electrons. The lowest BCUT2D eigenvalue weighted by atomic mass is 9.89. The molecule has 14 nitrogen and oxygen atoms in total. The molecule has 0 aliphatic carbocycles. The number of likely N-dealkylation sites (N-methyl/N-ethyl adjacent to an activating group) is 1. The number of hydrogen-bond acceptors (Lipinski definition) is 12. The topological polar surface area (TPSA) is 179 Å². The molecular formula is C38H46N6O8S2. The SMILES string of the molecule is CO/N=C1\CCS(=O)(=O)c2c(C)c(/C(C)=C3\C(=O)N(C)N=C3C)cc(C)c21.CO/N=C1\CCS(=O)(=O)c2c(C)c(C(=O)c3c(C)nn(C)c3C)cc(C)c21. The number of hydrazone groups is 1. The highest BCUT2D eigenvalue weighted by Gasteiger charge is 2.36. The number of carbonyl (C=O) groups excluding carboxylic acids is 2. The molecule has 0 radical (unpaired) electrons. The molecule has 1 aromatic heterocycles. The van der Waals surface area contributed by atoms with Crippen LogP contribution in [-0.2, 0) is 41.2 Å². The number of rotatable bonds is 5. The average molecular weight is 779 g/mol. The van der Waals surface area contributed by atoms with Crippen molar-refractivity contribution in [3.05, 3.63) is 79.2 Å². The van der Waals surface area contributed by atoms with Crippen molar-refractivity contribution in [2.45, 2.75) is 78.0 Å². The molecule has 0 saturated heterocycles. The van der Waals surface area contributed by atoms with Gasteiger partial charge < -0.3 is 9.68 Å². The molecule has 1 amide bonds. The van der Waals surface area contributed by atoms with E-state index < -0.39 is 19.7 Å². The van der Waals surface area contributed by atoms with Crippen molar-refractivity contribution in [1.82, 2.24) is 14.8 Å². The van der Waals surface area contributed by atoms with Gasteiger partial charge >= 0.3 is 0 Å². The van der Waals surface area contributed by atoms with Crippen LogP contribution in [0.5, 0.6) is 0 Å². The number of fused-ring (bicyclic) bond motifs is 2. The zero-order chi connectivity index (χ0) is 40.2. The molecule has 0 spiro atoms. The van der Waals surface area contributed by atoms with Crippen molar-refractivity contribution < 1.29 is 36.1 Å². The van der Waals surface area contributed by atoms with Gasteiger partial charge in [-0.3, -0.25) is 14.3 Å². The van der Waals surface area contributed by atoms with Crippen molar-refractivity contribution in [2.75, 3.05) is 32.8 Å². The van der Waals surface area contributed by atoms with E-state index in [-0.39, 0.29) is 39.4 Å². The fourth-order valence-corrected chi connectivity index (χ4v) is 11.3. The van der Waals surface area contributed by atoms with Crippen molar-refractivity contribution in [3.63, 3.8) is 0 Å². The van der Waals surface area contributed by atoms with Crippen molar-refractivity contribution in [2.24, 2.45) is 22.5 Å². The number of ketones is 1. The van der Waals surface area contributed by atoms with Crippen LogP contribution >= 0.6 is 0 Å². The lowest BCUT2D eigenvalue weighted by molar-refractivity contribution is -0.124. The first kappa shape index (κ1) is 40.2. The van der Waals surface area contributed by atoms with Gasteiger partial charge in [0.1, 0.15) is 14.2 Å². The van der Waals surface area contributed by atoms with E-state index in [1.54, 1.807) is 59.5 Å². The third kappa shape index (κ3) is 6.81. The molecule has 0 atom stereocenters. The molecule has 3 aromatic rings. The summed E-state index contributed by atoms with van der Waals surface area (Å²) < 4.78 is 53.0. The Morgan fingerprint density at radius 1 is 0.778 bits per heavy atom. The van der Waals surface area contributed by atoms with E-state index in [2.05, 4.69) is 20.5 Å². The predicted molar refractivity (Wildman–Crippen MR) is 207 cm³/mol. The third-order valence-corrected chi connectivity index (χ3v) is 13.9. The van der Waals surface area contributed by atoms with E-state index in [0.717, 1.165) is 22.4 Å². The van der Waals surface area contributed by atoms with Gasteiger partial charge in [0.05, 0.1) is 55.3 Å². The van der Waals surface area contributed by atoms with Crippen LogP contribution in [0.15, 0.2) is 42.9 Å². The van der Waals surface area contributed by atoms with Gasteiger partial charge in [-0.1, -0.05) is 16.4 Å². The Labute approximate surface area is 316 Å². The summed E-state index contributed by atoms with van der Waals surface area (Å²) in [5, 5.41) is 17.8. The fraction of sp³-hybridized carbons (Fsp3) is 0.421. The van der Waals surface area contributed by atoms with Crippen LogP contribution in [0.3, 0.4) is 0 Å². The van der Waals surface area contributed by atoms with Crippen LogP contribution < -0.4 is 0 Å². The van der Waals surface area contributed by atoms with Crippen molar-refractivity contribution in [1.29, 1.82) is 0 Å². The Bertz CT molecular complexity index is 2490. The van der Waals surface area contributed by atoms with Crippen molar-refractivity contribution >= 4 is 54.1 Å². The van der Waals surface area contributed by atoms with Crippen LogP contribution in [0, 0.1) is 41.5 Å². The second kappa shape index (κ2) is 14.7. The molecule has 0 fully saturated rings. The van der Waals surface area contributed by atoms with Gasteiger partial charge in [0.15, 0.2) is 25.5 Å². The highest BCUT2D eigenvalue weighted by Crippen LogP contribution is 2.38. The number of hydrogen-bond donors (Lipinski definition) is 0. The van der Waals surface area contributed by atoms with Gasteiger partial charge in [0, 0.05) is 49.3 Å². The largest absolute Gasteiger partial charge is 0.399 e. The molecule has 0 saturated carbocycles. The Hall–Kier alpha value is -4.96. The maximum Gasteiger partial charge on any atom is 0.275 e. The Kier molecular flexibility index (Phi) is 11.0. The molecule has 16 heteroatoms. The molecule has 4 heterocycles. The summed E-state index contributed by atoms with van der Waals surface area (Å²) in [5.41, 5.74) is 9.81. The van der Waals surface area contributed by atoms with E-state index in [0.29, 0.717) is 73.8 Å². The highest BCUT2D eigenvalue weighted by molar-refractivity contribution is 7.92. The minimum atomic E-state index is -3.51. The maximum absolute atomic E-state index is 13.3. The maximum atomic E-state index is 13.3. The smallest absolute Gasteiger partial charge is 0.275 e. The summed E-state index contributed by atoms with van der Waals surface area (Å²) >= 11 is 0. The number of nitrogens with zero attached hydrogens (tertiary/aromatic N) is 6. The van der Waals surface area contributed by atoms with Gasteiger partial charge in [0.25, 0.3) is 5.91 Å². The van der Waals surface area contributed by atoms with E-state index in [4.69, 9.17) is 9.68 Å². The molecule has 0 unspecified atom stereocenters. The number of sulfone groups is 2. The zero-order valence-corrected chi connectivity index (χ0v) is 34.4. The summed E-state index contributed by atoms with van der Waals surface area (Å²) in [6, 6.07) is 3.66. The summed E-state index contributed by atoms with van der Waals surface area (Å²) in [6.07, 6.45) is 0.607. The van der Waals surface area contributed by atoms with Crippen LogP contribution in [0.2, 0.25) is 0 Å². The molecule has 3 aliphatic heterocycles. The van der Waals surface area contributed by atoms with E-state index in [1.165, 1.54) is 19.2 Å².